The molecule has 0 aliphatic carbocycles. The van der Waals surface area contributed by atoms with Crippen LogP contribution in [0.15, 0.2) is 85.2 Å². The summed E-state index contributed by atoms with van der Waals surface area (Å²) in [7, 11) is 0. The number of benzene rings is 3. The van der Waals surface area contributed by atoms with E-state index in [-0.39, 0.29) is 11.9 Å². The highest BCUT2D eigenvalue weighted by Gasteiger charge is 2.19. The Kier molecular flexibility index (Phi) is 13.1. The van der Waals surface area contributed by atoms with E-state index in [2.05, 4.69) is 32.4 Å². The van der Waals surface area contributed by atoms with Gasteiger partial charge >= 0.3 is 5.97 Å². The van der Waals surface area contributed by atoms with Crippen LogP contribution in [-0.2, 0) is 11.2 Å². The number of ether oxygens (including phenoxy) is 1. The lowest BCUT2D eigenvalue weighted by Crippen LogP contribution is -2.47. The summed E-state index contributed by atoms with van der Waals surface area (Å²) in [4.78, 5) is 36.3. The van der Waals surface area contributed by atoms with Crippen LogP contribution in [0.1, 0.15) is 74.7 Å². The Bertz CT molecular complexity index is 1600. The third-order valence-electron chi connectivity index (χ3n) is 9.03. The second-order valence-electron chi connectivity index (χ2n) is 12.9. The molecule has 49 heavy (non-hydrogen) atoms. The molecule has 1 aromatic heterocycles. The van der Waals surface area contributed by atoms with Crippen molar-refractivity contribution in [3.8, 4) is 28.3 Å². The van der Waals surface area contributed by atoms with Crippen molar-refractivity contribution in [2.45, 2.75) is 77.3 Å². The first-order valence-electron chi connectivity index (χ1n) is 17.7. The zero-order valence-electron chi connectivity index (χ0n) is 28.7. The molecule has 1 fully saturated rings. The number of hydrogen-bond donors (Lipinski definition) is 3. The van der Waals surface area contributed by atoms with Crippen LogP contribution in [0.3, 0.4) is 0 Å². The van der Waals surface area contributed by atoms with Gasteiger partial charge in [0.15, 0.2) is 5.82 Å². The van der Waals surface area contributed by atoms with Crippen LogP contribution >= 0.6 is 0 Å². The third-order valence-corrected chi connectivity index (χ3v) is 9.03. The van der Waals surface area contributed by atoms with Crippen molar-refractivity contribution >= 4 is 17.6 Å². The van der Waals surface area contributed by atoms with E-state index in [1.54, 1.807) is 6.92 Å². The predicted molar refractivity (Wildman–Crippen MR) is 195 cm³/mol. The Morgan fingerprint density at radius 1 is 0.837 bits per heavy atom. The molecule has 2 heterocycles. The summed E-state index contributed by atoms with van der Waals surface area (Å²) in [6.07, 6.45) is 12.6. The van der Waals surface area contributed by atoms with E-state index >= 15 is 0 Å². The molecule has 3 aromatic carbocycles. The molecular weight excluding hydrogens is 614 g/mol. The standard InChI is InChI=1S/C40H49N5O4/c1-3-4-5-6-9-24-49-37-20-16-31(17-21-37)34-26-42-38(43-27-34)32-12-10-30(11-13-32)25-35(28-41-29(2)40(47)48)44-39(46)33-14-18-36(19-15-33)45-22-7-8-23-45/h10-21,26-27,29,35,41H,3-9,22-25,28H2,1-2H3,(H,44,46)(H,47,48)/t29-,35-/m0/s1. The molecule has 0 unspecified atom stereocenters. The monoisotopic (exact) mass is 663 g/mol. The molecular formula is C40H49N5O4. The van der Waals surface area contributed by atoms with E-state index in [0.29, 0.717) is 24.4 Å². The van der Waals surface area contributed by atoms with Gasteiger partial charge in [-0.3, -0.25) is 9.59 Å². The minimum absolute atomic E-state index is 0.187. The molecule has 1 saturated heterocycles. The van der Waals surface area contributed by atoms with Crippen molar-refractivity contribution < 1.29 is 19.4 Å². The summed E-state index contributed by atoms with van der Waals surface area (Å²) in [5, 5.41) is 15.5. The average molecular weight is 664 g/mol. The van der Waals surface area contributed by atoms with Gasteiger partial charge in [0.2, 0.25) is 0 Å². The number of carbonyl (C=O) groups is 2. The van der Waals surface area contributed by atoms with Crippen molar-refractivity contribution in [2.75, 3.05) is 31.1 Å². The first-order valence-corrected chi connectivity index (χ1v) is 17.7. The van der Waals surface area contributed by atoms with Crippen LogP contribution in [0.5, 0.6) is 5.75 Å². The minimum atomic E-state index is -0.938. The number of carbonyl (C=O) groups excluding carboxylic acids is 1. The van der Waals surface area contributed by atoms with E-state index in [1.807, 2.05) is 85.2 Å². The normalized spacial score (nSPS) is 14.0. The number of nitrogens with one attached hydrogen (secondary N) is 2. The molecule has 0 bridgehead atoms. The van der Waals surface area contributed by atoms with E-state index in [4.69, 9.17) is 4.74 Å². The number of nitrogens with zero attached hydrogens (tertiary/aromatic N) is 3. The second kappa shape index (κ2) is 18.1. The molecule has 4 aromatic rings. The molecule has 1 aliphatic rings. The van der Waals surface area contributed by atoms with Gasteiger partial charge in [-0.15, -0.1) is 0 Å². The van der Waals surface area contributed by atoms with Gasteiger partial charge in [-0.2, -0.15) is 0 Å². The Morgan fingerprint density at radius 2 is 1.49 bits per heavy atom. The molecule has 3 N–H and O–H groups in total. The largest absolute Gasteiger partial charge is 0.494 e. The highest BCUT2D eigenvalue weighted by atomic mass is 16.5. The lowest BCUT2D eigenvalue weighted by molar-refractivity contribution is -0.139. The van der Waals surface area contributed by atoms with Gasteiger partial charge in [-0.1, -0.05) is 69.0 Å². The molecule has 9 heteroatoms. The van der Waals surface area contributed by atoms with Gasteiger partial charge in [-0.05, 0) is 80.1 Å². The minimum Gasteiger partial charge on any atom is -0.494 e. The maximum Gasteiger partial charge on any atom is 0.320 e. The zero-order valence-corrected chi connectivity index (χ0v) is 28.7. The van der Waals surface area contributed by atoms with Crippen molar-refractivity contribution in [3.05, 3.63) is 96.3 Å². The van der Waals surface area contributed by atoms with Crippen molar-refractivity contribution in [1.29, 1.82) is 0 Å². The first kappa shape index (κ1) is 35.5. The highest BCUT2D eigenvalue weighted by molar-refractivity contribution is 5.94. The van der Waals surface area contributed by atoms with Crippen LogP contribution in [0.2, 0.25) is 0 Å². The third kappa shape index (κ3) is 10.6. The SMILES string of the molecule is CCCCCCCOc1ccc(-c2cnc(-c3ccc(C[C@@H](CN[C@@H](C)C(=O)O)NC(=O)c4ccc(N5CCCC5)cc4)cc3)nc2)cc1. The molecule has 0 radical (unpaired) electrons. The van der Waals surface area contributed by atoms with Crippen LogP contribution in [0.4, 0.5) is 5.69 Å². The van der Waals surface area contributed by atoms with Gasteiger partial charge in [0.1, 0.15) is 11.8 Å². The molecule has 9 nitrogen and oxygen atoms in total. The average Bonchev–Trinajstić information content (AvgIpc) is 3.68. The summed E-state index contributed by atoms with van der Waals surface area (Å²) in [6.45, 7) is 6.95. The van der Waals surface area contributed by atoms with Crippen LogP contribution < -0.4 is 20.3 Å². The van der Waals surface area contributed by atoms with E-state index < -0.39 is 12.0 Å². The number of anilines is 1. The summed E-state index contributed by atoms with van der Waals surface area (Å²) in [6, 6.07) is 22.6. The lowest BCUT2D eigenvalue weighted by Gasteiger charge is -2.22. The summed E-state index contributed by atoms with van der Waals surface area (Å²) in [5.74, 6) is 0.371. The maximum absolute atomic E-state index is 13.2. The number of aliphatic carboxylic acids is 1. The van der Waals surface area contributed by atoms with E-state index in [1.165, 1.54) is 38.5 Å². The highest BCUT2D eigenvalue weighted by Crippen LogP contribution is 2.24. The Hall–Kier alpha value is -4.76. The number of carboxylic acids is 1. The number of hydrogen-bond acceptors (Lipinski definition) is 7. The second-order valence-corrected chi connectivity index (χ2v) is 12.9. The van der Waals surface area contributed by atoms with Crippen LogP contribution in [0.25, 0.3) is 22.5 Å². The van der Waals surface area contributed by atoms with Gasteiger partial charge in [0.05, 0.1) is 6.61 Å². The first-order chi connectivity index (χ1) is 23.9. The predicted octanol–water partition coefficient (Wildman–Crippen LogP) is 7.16. The summed E-state index contributed by atoms with van der Waals surface area (Å²) < 4.78 is 5.90. The number of amides is 1. The topological polar surface area (TPSA) is 117 Å². The van der Waals surface area contributed by atoms with Gasteiger partial charge in [0.25, 0.3) is 5.91 Å². The number of unbranched alkanes of at least 4 members (excludes halogenated alkanes) is 4. The quantitative estimate of drug-likeness (QED) is 0.0961. The number of rotatable bonds is 18. The van der Waals surface area contributed by atoms with E-state index in [0.717, 1.165) is 59.8 Å². The van der Waals surface area contributed by atoms with Gasteiger partial charge in [-0.25, -0.2) is 9.97 Å². The smallest absolute Gasteiger partial charge is 0.320 e. The molecule has 2 atom stereocenters. The van der Waals surface area contributed by atoms with Crippen molar-refractivity contribution in [3.63, 3.8) is 0 Å². The Labute approximate surface area is 290 Å². The van der Waals surface area contributed by atoms with Crippen molar-refractivity contribution in [1.82, 2.24) is 20.6 Å². The zero-order chi connectivity index (χ0) is 34.4. The molecule has 5 rings (SSSR count). The van der Waals surface area contributed by atoms with Crippen LogP contribution in [-0.4, -0.2) is 65.3 Å². The summed E-state index contributed by atoms with van der Waals surface area (Å²) >= 11 is 0. The van der Waals surface area contributed by atoms with E-state index in [9.17, 15) is 14.7 Å². The molecule has 258 valence electrons. The number of carboxylic acid groups (broad SMARTS) is 1. The Balaban J connectivity index is 1.17. The fraction of sp³-hybridized carbons (Fsp3) is 0.400. The fourth-order valence-corrected chi connectivity index (χ4v) is 5.99. The van der Waals surface area contributed by atoms with Crippen LogP contribution in [0, 0.1) is 0 Å². The molecule has 0 saturated carbocycles. The van der Waals surface area contributed by atoms with Crippen molar-refractivity contribution in [2.24, 2.45) is 0 Å². The molecule has 1 aliphatic heterocycles. The summed E-state index contributed by atoms with van der Waals surface area (Å²) in [5.41, 5.74) is 5.55. The fourth-order valence-electron chi connectivity index (χ4n) is 5.99. The van der Waals surface area contributed by atoms with Gasteiger partial charge < -0.3 is 25.4 Å². The van der Waals surface area contributed by atoms with Gasteiger partial charge in [0, 0.05) is 60.4 Å². The Morgan fingerprint density at radius 3 is 2.14 bits per heavy atom. The lowest BCUT2D eigenvalue weighted by atomic mass is 10.0. The maximum atomic E-state index is 13.2. The number of aromatic nitrogens is 2. The molecule has 1 amide bonds. The molecule has 0 spiro atoms.